The molecule has 0 radical (unpaired) electrons. The number of benzene rings is 3. The van der Waals surface area contributed by atoms with Crippen molar-refractivity contribution < 1.29 is 0 Å². The summed E-state index contributed by atoms with van der Waals surface area (Å²) < 4.78 is 0. The van der Waals surface area contributed by atoms with Gasteiger partial charge in [0, 0.05) is 5.41 Å². The molecule has 0 amide bonds. The minimum Gasteiger partial charge on any atom is -0.138 e. The fourth-order valence-electron chi connectivity index (χ4n) is 4.17. The highest BCUT2D eigenvalue weighted by molar-refractivity contribution is 7.16. The smallest absolute Gasteiger partial charge is 0.0451 e. The van der Waals surface area contributed by atoms with Crippen LogP contribution in [0.1, 0.15) is 55.2 Å². The van der Waals surface area contributed by atoms with Crippen molar-refractivity contribution in [2.45, 2.75) is 43.9 Å². The Morgan fingerprint density at radius 3 is 1.26 bits per heavy atom. The quantitative estimate of drug-likeness (QED) is 0.199. The van der Waals surface area contributed by atoms with E-state index in [1.165, 1.54) is 55.0 Å². The molecule has 0 spiro atoms. The van der Waals surface area contributed by atoms with Gasteiger partial charge < -0.3 is 0 Å². The average Bonchev–Trinajstić information content (AvgIpc) is 2.75. The van der Waals surface area contributed by atoms with Crippen LogP contribution in [0.3, 0.4) is 0 Å². The second-order valence-corrected chi connectivity index (χ2v) is 7.89. The molecule has 3 aromatic carbocycles. The van der Waals surface area contributed by atoms with E-state index in [2.05, 4.69) is 100 Å². The molecule has 0 N–H and O–H groups in total. The molecular formula is C26H31P. The topological polar surface area (TPSA) is 0 Å². The molecule has 3 rings (SSSR count). The molecule has 0 aromatic heterocycles. The van der Waals surface area contributed by atoms with E-state index in [1.807, 2.05) is 0 Å². The van der Waals surface area contributed by atoms with Crippen LogP contribution < -0.4 is 0 Å². The Balaban J connectivity index is 1.98. The van der Waals surface area contributed by atoms with Crippen LogP contribution >= 0.6 is 9.24 Å². The number of rotatable bonds is 10. The van der Waals surface area contributed by atoms with Gasteiger partial charge in [0.15, 0.2) is 0 Å². The van der Waals surface area contributed by atoms with Gasteiger partial charge in [0.2, 0.25) is 0 Å². The monoisotopic (exact) mass is 374 g/mol. The van der Waals surface area contributed by atoms with Gasteiger partial charge in [-0.25, -0.2) is 0 Å². The maximum Gasteiger partial charge on any atom is 0.0451 e. The van der Waals surface area contributed by atoms with Gasteiger partial charge in [-0.05, 0) is 35.7 Å². The van der Waals surface area contributed by atoms with Gasteiger partial charge in [-0.2, -0.15) is 0 Å². The zero-order chi connectivity index (χ0) is 18.8. The van der Waals surface area contributed by atoms with Crippen LogP contribution in [0.4, 0.5) is 0 Å². The number of unbranched alkanes of at least 4 members (excludes halogenated alkanes) is 4. The van der Waals surface area contributed by atoms with Crippen LogP contribution in [0.2, 0.25) is 0 Å². The Labute approximate surface area is 167 Å². The summed E-state index contributed by atoms with van der Waals surface area (Å²) in [5.41, 5.74) is 4.11. The molecule has 0 heterocycles. The summed E-state index contributed by atoms with van der Waals surface area (Å²) >= 11 is 0. The molecule has 1 heteroatoms. The predicted octanol–water partition coefficient (Wildman–Crippen LogP) is 7.24. The summed E-state index contributed by atoms with van der Waals surface area (Å²) in [5, 5.41) is 0. The molecular weight excluding hydrogens is 343 g/mol. The van der Waals surface area contributed by atoms with E-state index < -0.39 is 0 Å². The summed E-state index contributed by atoms with van der Waals surface area (Å²) in [6.07, 6.45) is 8.93. The maximum atomic E-state index is 2.84. The molecule has 27 heavy (non-hydrogen) atoms. The largest absolute Gasteiger partial charge is 0.138 e. The Bertz CT molecular complexity index is 668. The molecule has 0 aliphatic heterocycles. The molecule has 1 atom stereocenters. The molecule has 0 fully saturated rings. The summed E-state index contributed by atoms with van der Waals surface area (Å²) in [5.74, 6) is 0. The van der Waals surface area contributed by atoms with Crippen molar-refractivity contribution in [3.8, 4) is 0 Å². The van der Waals surface area contributed by atoms with E-state index in [9.17, 15) is 0 Å². The molecule has 0 aliphatic carbocycles. The van der Waals surface area contributed by atoms with Gasteiger partial charge in [-0.3, -0.25) is 0 Å². The van der Waals surface area contributed by atoms with E-state index in [1.54, 1.807) is 0 Å². The summed E-state index contributed by atoms with van der Waals surface area (Å²) in [7, 11) is 2.84. The third-order valence-corrected chi connectivity index (χ3v) is 5.96. The average molecular weight is 375 g/mol. The van der Waals surface area contributed by atoms with E-state index in [4.69, 9.17) is 0 Å². The van der Waals surface area contributed by atoms with Gasteiger partial charge in [0.25, 0.3) is 0 Å². The summed E-state index contributed by atoms with van der Waals surface area (Å²) in [6.45, 7) is 0. The lowest BCUT2D eigenvalue weighted by atomic mass is 9.66. The molecule has 0 saturated heterocycles. The van der Waals surface area contributed by atoms with Crippen molar-refractivity contribution in [1.29, 1.82) is 0 Å². The van der Waals surface area contributed by atoms with Gasteiger partial charge >= 0.3 is 0 Å². The molecule has 1 unspecified atom stereocenters. The number of hydrogen-bond donors (Lipinski definition) is 0. The van der Waals surface area contributed by atoms with Gasteiger partial charge in [0.05, 0.1) is 0 Å². The third-order valence-electron chi connectivity index (χ3n) is 5.56. The zero-order valence-electron chi connectivity index (χ0n) is 16.2. The van der Waals surface area contributed by atoms with Crippen LogP contribution in [0.25, 0.3) is 0 Å². The van der Waals surface area contributed by atoms with Crippen LogP contribution in [0.5, 0.6) is 0 Å². The molecule has 0 bridgehead atoms. The second kappa shape index (κ2) is 10.4. The summed E-state index contributed by atoms with van der Waals surface area (Å²) in [6, 6.07) is 33.2. The van der Waals surface area contributed by atoms with Crippen molar-refractivity contribution in [3.63, 3.8) is 0 Å². The van der Waals surface area contributed by atoms with Crippen LogP contribution in [0, 0.1) is 0 Å². The second-order valence-electron chi connectivity index (χ2n) is 7.31. The van der Waals surface area contributed by atoms with Crippen molar-refractivity contribution in [2.24, 2.45) is 0 Å². The van der Waals surface area contributed by atoms with Gasteiger partial charge in [-0.15, -0.1) is 9.24 Å². The van der Waals surface area contributed by atoms with Crippen molar-refractivity contribution in [3.05, 3.63) is 108 Å². The third kappa shape index (κ3) is 4.88. The van der Waals surface area contributed by atoms with E-state index in [-0.39, 0.29) is 5.41 Å². The Kier molecular flexibility index (Phi) is 7.66. The van der Waals surface area contributed by atoms with Crippen LogP contribution in [-0.2, 0) is 5.41 Å². The molecule has 0 nitrogen and oxygen atoms in total. The van der Waals surface area contributed by atoms with E-state index >= 15 is 0 Å². The molecule has 140 valence electrons. The van der Waals surface area contributed by atoms with Crippen molar-refractivity contribution in [2.75, 3.05) is 6.16 Å². The molecule has 0 saturated carbocycles. The summed E-state index contributed by atoms with van der Waals surface area (Å²) in [4.78, 5) is 0. The van der Waals surface area contributed by atoms with Gasteiger partial charge in [-0.1, -0.05) is 117 Å². The highest BCUT2D eigenvalue weighted by atomic mass is 31.0. The lowest BCUT2D eigenvalue weighted by Crippen LogP contribution is -2.29. The maximum absolute atomic E-state index is 2.84. The normalized spacial score (nSPS) is 11.4. The highest BCUT2D eigenvalue weighted by Gasteiger charge is 2.35. The first-order valence-electron chi connectivity index (χ1n) is 10.2. The lowest BCUT2D eigenvalue weighted by molar-refractivity contribution is 0.502. The Morgan fingerprint density at radius 1 is 0.481 bits per heavy atom. The minimum atomic E-state index is -0.0790. The highest BCUT2D eigenvalue weighted by Crippen LogP contribution is 2.43. The lowest BCUT2D eigenvalue weighted by Gasteiger charge is -2.36. The van der Waals surface area contributed by atoms with Crippen molar-refractivity contribution >= 4 is 9.24 Å². The minimum absolute atomic E-state index is 0.0790. The first-order chi connectivity index (χ1) is 13.4. The van der Waals surface area contributed by atoms with E-state index in [0.29, 0.717) is 0 Å². The van der Waals surface area contributed by atoms with Crippen molar-refractivity contribution in [1.82, 2.24) is 0 Å². The number of hydrogen-bond acceptors (Lipinski definition) is 0. The zero-order valence-corrected chi connectivity index (χ0v) is 17.3. The standard InChI is InChI=1S/C26H31P/c27-22-14-3-1-2-13-21-26(23-15-7-4-8-16-23,24-17-9-5-10-18-24)25-19-11-6-12-20-25/h4-12,15-20H,1-3,13-14,21-22,27H2. The first-order valence-corrected chi connectivity index (χ1v) is 11.1. The van der Waals surface area contributed by atoms with E-state index in [0.717, 1.165) is 6.42 Å². The fourth-order valence-corrected chi connectivity index (χ4v) is 4.45. The Morgan fingerprint density at radius 2 is 0.852 bits per heavy atom. The van der Waals surface area contributed by atoms with Crippen LogP contribution in [0.15, 0.2) is 91.0 Å². The molecule has 0 aliphatic rings. The SMILES string of the molecule is PCCCCCCCC(c1ccccc1)(c1ccccc1)c1ccccc1. The molecule has 3 aromatic rings. The van der Waals surface area contributed by atoms with Gasteiger partial charge in [0.1, 0.15) is 0 Å². The Hall–Kier alpha value is -1.91. The fraction of sp³-hybridized carbons (Fsp3) is 0.308. The first kappa shape index (κ1) is 19.8. The van der Waals surface area contributed by atoms with Crippen LogP contribution in [-0.4, -0.2) is 6.16 Å². The predicted molar refractivity (Wildman–Crippen MR) is 121 cm³/mol.